The number of rotatable bonds is 5. The maximum absolute atomic E-state index is 11.5. The third kappa shape index (κ3) is 4.77. The van der Waals surface area contributed by atoms with E-state index in [1.807, 2.05) is 6.08 Å². The highest BCUT2D eigenvalue weighted by Gasteiger charge is 2.07. The van der Waals surface area contributed by atoms with Gasteiger partial charge in [0.2, 0.25) is 0 Å². The van der Waals surface area contributed by atoms with E-state index < -0.39 is 10.1 Å². The number of esters is 1. The van der Waals surface area contributed by atoms with Crippen LogP contribution < -0.4 is 0 Å². The molecule has 0 saturated heterocycles. The van der Waals surface area contributed by atoms with Crippen LogP contribution in [0.1, 0.15) is 28.4 Å². The van der Waals surface area contributed by atoms with Crippen LogP contribution in [0.4, 0.5) is 0 Å². The molecule has 2 rings (SSSR count). The Hall–Kier alpha value is -2.44. The standard InChI is InChI=1S/C17H16O5S/c1-2-22-17(18)15-9-5-13(6-10-15)3-4-14-7-11-16(12-8-14)23(19,20)21/h3-12H,2H2,1H3,(H,19,20,21)/b4-3+. The number of ether oxygens (including phenoxy) is 1. The fourth-order valence-electron chi connectivity index (χ4n) is 1.89. The average Bonchev–Trinajstić information content (AvgIpc) is 2.53. The van der Waals surface area contributed by atoms with Gasteiger partial charge in [0.1, 0.15) is 0 Å². The Balaban J connectivity index is 2.09. The third-order valence-electron chi connectivity index (χ3n) is 3.07. The summed E-state index contributed by atoms with van der Waals surface area (Å²) in [6.45, 7) is 2.09. The molecule has 6 heteroatoms. The molecule has 0 amide bonds. The first-order valence-corrected chi connectivity index (χ1v) is 8.37. The first kappa shape index (κ1) is 16.9. The highest BCUT2D eigenvalue weighted by atomic mass is 32.2. The Morgan fingerprint density at radius 1 is 1.00 bits per heavy atom. The number of hydrogen-bond acceptors (Lipinski definition) is 4. The number of hydrogen-bond donors (Lipinski definition) is 1. The topological polar surface area (TPSA) is 80.7 Å². The monoisotopic (exact) mass is 332 g/mol. The van der Waals surface area contributed by atoms with Crippen LogP contribution >= 0.6 is 0 Å². The minimum absolute atomic E-state index is 0.145. The maximum Gasteiger partial charge on any atom is 0.338 e. The fraction of sp³-hybridized carbons (Fsp3) is 0.118. The van der Waals surface area contributed by atoms with Crippen LogP contribution in [0.2, 0.25) is 0 Å². The second-order valence-corrected chi connectivity index (χ2v) is 6.14. The SMILES string of the molecule is CCOC(=O)c1ccc(/C=C/c2ccc(S(=O)(=O)O)cc2)cc1. The number of benzene rings is 2. The van der Waals surface area contributed by atoms with Crippen molar-refractivity contribution in [2.45, 2.75) is 11.8 Å². The van der Waals surface area contributed by atoms with E-state index in [1.165, 1.54) is 12.1 Å². The van der Waals surface area contributed by atoms with E-state index in [9.17, 15) is 13.2 Å². The van der Waals surface area contributed by atoms with Gasteiger partial charge in [-0.1, -0.05) is 36.4 Å². The fourth-order valence-corrected chi connectivity index (χ4v) is 2.37. The molecule has 0 fully saturated rings. The Morgan fingerprint density at radius 3 is 1.91 bits per heavy atom. The van der Waals surface area contributed by atoms with Gasteiger partial charge in [0, 0.05) is 0 Å². The van der Waals surface area contributed by atoms with Crippen LogP contribution in [0.3, 0.4) is 0 Å². The van der Waals surface area contributed by atoms with Crippen molar-refractivity contribution in [1.82, 2.24) is 0 Å². The number of carbonyl (C=O) groups excluding carboxylic acids is 1. The van der Waals surface area contributed by atoms with Crippen LogP contribution in [0.5, 0.6) is 0 Å². The van der Waals surface area contributed by atoms with Gasteiger partial charge in [-0.3, -0.25) is 4.55 Å². The smallest absolute Gasteiger partial charge is 0.338 e. The molecule has 2 aromatic carbocycles. The van der Waals surface area contributed by atoms with E-state index >= 15 is 0 Å². The Labute approximate surface area is 135 Å². The van der Waals surface area contributed by atoms with E-state index in [2.05, 4.69) is 0 Å². The lowest BCUT2D eigenvalue weighted by molar-refractivity contribution is 0.0526. The Kier molecular flexibility index (Phi) is 5.31. The van der Waals surface area contributed by atoms with Crippen molar-refractivity contribution < 1.29 is 22.5 Å². The molecule has 0 aliphatic rings. The lowest BCUT2D eigenvalue weighted by Crippen LogP contribution is -2.03. The maximum atomic E-state index is 11.5. The van der Waals surface area contributed by atoms with Crippen LogP contribution in [-0.2, 0) is 14.9 Å². The molecule has 2 aromatic rings. The molecular weight excluding hydrogens is 316 g/mol. The van der Waals surface area contributed by atoms with Gasteiger partial charge < -0.3 is 4.74 Å². The normalized spacial score (nSPS) is 11.6. The molecule has 23 heavy (non-hydrogen) atoms. The molecule has 0 spiro atoms. The van der Waals surface area contributed by atoms with Gasteiger partial charge in [0.25, 0.3) is 10.1 Å². The minimum Gasteiger partial charge on any atom is -0.462 e. The molecule has 5 nitrogen and oxygen atoms in total. The zero-order chi connectivity index (χ0) is 16.9. The summed E-state index contributed by atoms with van der Waals surface area (Å²) < 4.78 is 35.7. The van der Waals surface area contributed by atoms with Gasteiger partial charge in [-0.25, -0.2) is 4.79 Å². The minimum atomic E-state index is -4.17. The van der Waals surface area contributed by atoms with Crippen LogP contribution in [-0.4, -0.2) is 25.5 Å². The van der Waals surface area contributed by atoms with E-state index in [0.29, 0.717) is 12.2 Å². The van der Waals surface area contributed by atoms with Crippen molar-refractivity contribution in [3.63, 3.8) is 0 Å². The summed E-state index contributed by atoms with van der Waals surface area (Å²) in [5.74, 6) is -0.358. The van der Waals surface area contributed by atoms with Crippen molar-refractivity contribution in [1.29, 1.82) is 0 Å². The van der Waals surface area contributed by atoms with Gasteiger partial charge in [0.05, 0.1) is 17.1 Å². The van der Waals surface area contributed by atoms with Crippen molar-refractivity contribution in [2.75, 3.05) is 6.61 Å². The summed E-state index contributed by atoms with van der Waals surface area (Å²) in [5.41, 5.74) is 2.16. The molecule has 0 bridgehead atoms. The average molecular weight is 332 g/mol. The van der Waals surface area contributed by atoms with Crippen LogP contribution in [0, 0.1) is 0 Å². The van der Waals surface area contributed by atoms with Crippen molar-refractivity contribution in [3.8, 4) is 0 Å². The zero-order valence-corrected chi connectivity index (χ0v) is 13.3. The van der Waals surface area contributed by atoms with E-state index in [1.54, 1.807) is 49.4 Å². The Bertz CT molecular complexity index is 803. The van der Waals surface area contributed by atoms with Crippen molar-refractivity contribution in [3.05, 3.63) is 65.2 Å². The lowest BCUT2D eigenvalue weighted by atomic mass is 10.1. The molecular formula is C17H16O5S. The van der Waals surface area contributed by atoms with Gasteiger partial charge in [-0.2, -0.15) is 8.42 Å². The summed E-state index contributed by atoms with van der Waals surface area (Å²) in [6, 6.07) is 12.8. The summed E-state index contributed by atoms with van der Waals surface area (Å²) >= 11 is 0. The zero-order valence-electron chi connectivity index (χ0n) is 12.5. The molecule has 0 aliphatic carbocycles. The summed E-state index contributed by atoms with van der Waals surface area (Å²) in [6.07, 6.45) is 3.63. The molecule has 0 radical (unpaired) electrons. The quantitative estimate of drug-likeness (QED) is 0.516. The van der Waals surface area contributed by atoms with Crippen molar-refractivity contribution in [2.24, 2.45) is 0 Å². The highest BCUT2D eigenvalue weighted by Crippen LogP contribution is 2.14. The first-order valence-electron chi connectivity index (χ1n) is 6.93. The van der Waals surface area contributed by atoms with Crippen LogP contribution in [0.15, 0.2) is 53.4 Å². The van der Waals surface area contributed by atoms with E-state index in [4.69, 9.17) is 9.29 Å². The van der Waals surface area contributed by atoms with Gasteiger partial charge in [-0.05, 0) is 42.3 Å². The lowest BCUT2D eigenvalue weighted by Gasteiger charge is -2.02. The summed E-state index contributed by atoms with van der Waals surface area (Å²) in [4.78, 5) is 11.4. The molecule has 0 aliphatic heterocycles. The third-order valence-corrected chi connectivity index (χ3v) is 3.94. The molecule has 0 saturated carbocycles. The molecule has 0 heterocycles. The Morgan fingerprint density at radius 2 is 1.48 bits per heavy atom. The molecule has 0 unspecified atom stereocenters. The molecule has 120 valence electrons. The van der Waals surface area contributed by atoms with E-state index in [-0.39, 0.29) is 10.9 Å². The van der Waals surface area contributed by atoms with Gasteiger partial charge >= 0.3 is 5.97 Å². The predicted molar refractivity (Wildman–Crippen MR) is 87.6 cm³/mol. The van der Waals surface area contributed by atoms with Gasteiger partial charge in [0.15, 0.2) is 0 Å². The predicted octanol–water partition coefficient (Wildman–Crippen LogP) is 3.28. The summed E-state index contributed by atoms with van der Waals surface area (Å²) in [7, 11) is -4.17. The van der Waals surface area contributed by atoms with Gasteiger partial charge in [-0.15, -0.1) is 0 Å². The van der Waals surface area contributed by atoms with Crippen LogP contribution in [0.25, 0.3) is 12.2 Å². The van der Waals surface area contributed by atoms with E-state index in [0.717, 1.165) is 11.1 Å². The second-order valence-electron chi connectivity index (χ2n) is 4.72. The number of carbonyl (C=O) groups is 1. The van der Waals surface area contributed by atoms with Crippen molar-refractivity contribution >= 4 is 28.2 Å². The largest absolute Gasteiger partial charge is 0.462 e. The second kappa shape index (κ2) is 7.21. The molecule has 0 aromatic heterocycles. The summed E-state index contributed by atoms with van der Waals surface area (Å²) in [5, 5.41) is 0. The highest BCUT2D eigenvalue weighted by molar-refractivity contribution is 7.85. The first-order chi connectivity index (χ1) is 10.9. The molecule has 0 atom stereocenters. The molecule has 1 N–H and O–H groups in total.